The van der Waals surface area contributed by atoms with Crippen molar-refractivity contribution in [3.05, 3.63) is 67.0 Å². The van der Waals surface area contributed by atoms with E-state index in [1.165, 1.54) is 0 Å². The van der Waals surface area contributed by atoms with Crippen molar-refractivity contribution in [3.63, 3.8) is 0 Å². The first kappa shape index (κ1) is 18.3. The molecule has 2 N–H and O–H groups in total. The number of aliphatic hydroxyl groups excluding tert-OH is 1. The van der Waals surface area contributed by atoms with Gasteiger partial charge in [0.15, 0.2) is 0 Å². The van der Waals surface area contributed by atoms with Crippen LogP contribution in [0.3, 0.4) is 0 Å². The number of fused-ring (bicyclic) bond motifs is 1. The largest absolute Gasteiger partial charge is 0.479 e. The van der Waals surface area contributed by atoms with E-state index in [4.69, 9.17) is 9.84 Å². The molecule has 0 bridgehead atoms. The molecule has 1 aromatic carbocycles. The van der Waals surface area contributed by atoms with Gasteiger partial charge in [-0.1, -0.05) is 30.9 Å². The van der Waals surface area contributed by atoms with Gasteiger partial charge in [-0.2, -0.15) is 0 Å². The average molecular weight is 360 g/mol. The van der Waals surface area contributed by atoms with Gasteiger partial charge in [-0.15, -0.1) is 10.2 Å². The fourth-order valence-corrected chi connectivity index (χ4v) is 2.96. The highest BCUT2D eigenvalue weighted by Crippen LogP contribution is 2.36. The van der Waals surface area contributed by atoms with Crippen LogP contribution in [0.25, 0.3) is 39.5 Å². The molecule has 3 aromatic heterocycles. The zero-order valence-corrected chi connectivity index (χ0v) is 15.2. The Kier molecular flexibility index (Phi) is 5.58. The lowest BCUT2D eigenvalue weighted by Gasteiger charge is -2.09. The summed E-state index contributed by atoms with van der Waals surface area (Å²) in [6.45, 7) is 3.97. The van der Waals surface area contributed by atoms with E-state index in [0.29, 0.717) is 5.88 Å². The maximum absolute atomic E-state index is 7.00. The number of ether oxygens (including phenoxy) is 1. The number of nitrogens with zero attached hydrogens (tertiary/aromatic N) is 3. The number of pyridine rings is 1. The first-order chi connectivity index (χ1) is 13.3. The molecule has 0 saturated heterocycles. The second-order valence-electron chi connectivity index (χ2n) is 5.55. The summed E-state index contributed by atoms with van der Waals surface area (Å²) in [5.74, 6) is 0.465. The summed E-state index contributed by atoms with van der Waals surface area (Å²) in [7, 11) is 2.59. The van der Waals surface area contributed by atoms with E-state index in [0.717, 1.165) is 46.1 Å². The Hall–Kier alpha value is -3.51. The number of aromatic amines is 1. The van der Waals surface area contributed by atoms with Crippen molar-refractivity contribution in [2.24, 2.45) is 0 Å². The Morgan fingerprint density at radius 2 is 1.81 bits per heavy atom. The second kappa shape index (κ2) is 8.25. The van der Waals surface area contributed by atoms with Gasteiger partial charge in [0.2, 0.25) is 5.88 Å². The predicted molar refractivity (Wildman–Crippen MR) is 107 cm³/mol. The molecule has 136 valence electrons. The third-order valence-corrected chi connectivity index (χ3v) is 4.15. The average Bonchev–Trinajstić information content (AvgIpc) is 3.14. The molecule has 4 aromatic rings. The van der Waals surface area contributed by atoms with Crippen LogP contribution in [0.1, 0.15) is 5.56 Å². The lowest BCUT2D eigenvalue weighted by Crippen LogP contribution is -1.97. The maximum Gasteiger partial charge on any atom is 0.242 e. The van der Waals surface area contributed by atoms with Crippen molar-refractivity contribution in [3.8, 4) is 28.4 Å². The summed E-state index contributed by atoms with van der Waals surface area (Å²) in [4.78, 5) is 7.50. The lowest BCUT2D eigenvalue weighted by molar-refractivity contribution is 0.394. The van der Waals surface area contributed by atoms with E-state index in [9.17, 15) is 0 Å². The topological polar surface area (TPSA) is 83.9 Å². The molecule has 0 radical (unpaired) electrons. The van der Waals surface area contributed by atoms with Crippen molar-refractivity contribution in [1.82, 2.24) is 20.2 Å². The lowest BCUT2D eigenvalue weighted by atomic mass is 10.0. The summed E-state index contributed by atoms with van der Waals surface area (Å²) in [5, 5.41) is 16.6. The SMILES string of the molecule is C=Cc1c(-c2cc(-c3ccncc3)nnc2OC)[nH]c2ccccc12.CO. The number of methoxy groups -OCH3 is 1. The van der Waals surface area contributed by atoms with E-state index in [-0.39, 0.29) is 0 Å². The van der Waals surface area contributed by atoms with Gasteiger partial charge in [0.05, 0.1) is 24.1 Å². The molecule has 0 aliphatic carbocycles. The maximum atomic E-state index is 7.00. The van der Waals surface area contributed by atoms with Crippen molar-refractivity contribution < 1.29 is 9.84 Å². The van der Waals surface area contributed by atoms with Crippen LogP contribution >= 0.6 is 0 Å². The van der Waals surface area contributed by atoms with Crippen molar-refractivity contribution in [1.29, 1.82) is 0 Å². The monoisotopic (exact) mass is 360 g/mol. The van der Waals surface area contributed by atoms with Gasteiger partial charge in [-0.3, -0.25) is 4.98 Å². The number of rotatable bonds is 4. The number of para-hydroxylation sites is 1. The number of aliphatic hydroxyl groups is 1. The van der Waals surface area contributed by atoms with Crippen molar-refractivity contribution in [2.75, 3.05) is 14.2 Å². The van der Waals surface area contributed by atoms with Gasteiger partial charge >= 0.3 is 0 Å². The molecule has 0 saturated carbocycles. The number of H-pyrrole nitrogens is 1. The standard InChI is InChI=1S/C20H16N4O.CH4O/c1-3-14-15-6-4-5-7-17(15)22-19(14)16-12-18(23-24-20(16)25-2)13-8-10-21-11-9-13;1-2/h3-12,22H,1H2,2H3;2H,1H3. The summed E-state index contributed by atoms with van der Waals surface area (Å²) in [6.07, 6.45) is 5.32. The van der Waals surface area contributed by atoms with E-state index in [1.54, 1.807) is 19.5 Å². The minimum Gasteiger partial charge on any atom is -0.479 e. The van der Waals surface area contributed by atoms with E-state index in [1.807, 2.05) is 42.5 Å². The summed E-state index contributed by atoms with van der Waals surface area (Å²) in [5.41, 5.74) is 5.52. The third-order valence-electron chi connectivity index (χ3n) is 4.15. The summed E-state index contributed by atoms with van der Waals surface area (Å²) < 4.78 is 5.45. The molecule has 3 heterocycles. The highest BCUT2D eigenvalue weighted by molar-refractivity contribution is 5.97. The number of hydrogen-bond acceptors (Lipinski definition) is 5. The minimum atomic E-state index is 0.465. The number of benzene rings is 1. The Morgan fingerprint density at radius 1 is 1.07 bits per heavy atom. The smallest absolute Gasteiger partial charge is 0.242 e. The third kappa shape index (κ3) is 3.43. The zero-order valence-electron chi connectivity index (χ0n) is 15.2. The van der Waals surface area contributed by atoms with E-state index < -0.39 is 0 Å². The minimum absolute atomic E-state index is 0.465. The molecule has 4 rings (SSSR count). The van der Waals surface area contributed by atoms with Gasteiger partial charge in [0.1, 0.15) is 0 Å². The van der Waals surface area contributed by atoms with Gasteiger partial charge in [0.25, 0.3) is 0 Å². The summed E-state index contributed by atoms with van der Waals surface area (Å²) >= 11 is 0. The van der Waals surface area contributed by atoms with Crippen LogP contribution in [0, 0.1) is 0 Å². The van der Waals surface area contributed by atoms with Gasteiger partial charge in [-0.05, 0) is 24.3 Å². The number of hydrogen-bond donors (Lipinski definition) is 2. The van der Waals surface area contributed by atoms with Gasteiger partial charge < -0.3 is 14.8 Å². The quantitative estimate of drug-likeness (QED) is 0.576. The highest BCUT2D eigenvalue weighted by Gasteiger charge is 2.17. The number of nitrogens with one attached hydrogen (secondary N) is 1. The first-order valence-electron chi connectivity index (χ1n) is 8.32. The molecule has 6 heteroatoms. The Morgan fingerprint density at radius 3 is 2.52 bits per heavy atom. The van der Waals surface area contributed by atoms with Crippen LogP contribution in [0.4, 0.5) is 0 Å². The van der Waals surface area contributed by atoms with Crippen LogP contribution in [0.5, 0.6) is 5.88 Å². The first-order valence-corrected chi connectivity index (χ1v) is 8.32. The molecule has 27 heavy (non-hydrogen) atoms. The molecule has 0 amide bonds. The Labute approximate surface area is 157 Å². The van der Waals surface area contributed by atoms with Crippen LogP contribution in [0.2, 0.25) is 0 Å². The molecule has 0 unspecified atom stereocenters. The van der Waals surface area contributed by atoms with Crippen LogP contribution in [-0.2, 0) is 0 Å². The van der Waals surface area contributed by atoms with Crippen LogP contribution in [0.15, 0.2) is 61.4 Å². The number of aromatic nitrogens is 4. The van der Waals surface area contributed by atoms with Gasteiger partial charge in [-0.25, -0.2) is 0 Å². The molecule has 6 nitrogen and oxygen atoms in total. The normalized spacial score (nSPS) is 10.2. The van der Waals surface area contributed by atoms with Crippen molar-refractivity contribution >= 4 is 17.0 Å². The van der Waals surface area contributed by atoms with E-state index >= 15 is 0 Å². The molecule has 0 atom stereocenters. The van der Waals surface area contributed by atoms with E-state index in [2.05, 4.69) is 32.8 Å². The molecule has 0 aliphatic heterocycles. The Bertz CT molecular complexity index is 1060. The molecular formula is C21H20N4O2. The van der Waals surface area contributed by atoms with Crippen LogP contribution in [-0.4, -0.2) is 39.5 Å². The fourth-order valence-electron chi connectivity index (χ4n) is 2.96. The molecular weight excluding hydrogens is 340 g/mol. The van der Waals surface area contributed by atoms with Crippen molar-refractivity contribution in [2.45, 2.75) is 0 Å². The predicted octanol–water partition coefficient (Wildman–Crippen LogP) is 3.95. The van der Waals surface area contributed by atoms with Crippen LogP contribution < -0.4 is 4.74 Å². The second-order valence-corrected chi connectivity index (χ2v) is 5.55. The summed E-state index contributed by atoms with van der Waals surface area (Å²) in [6, 6.07) is 13.9. The highest BCUT2D eigenvalue weighted by atomic mass is 16.5. The molecule has 0 spiro atoms. The Balaban J connectivity index is 0.00000102. The zero-order chi connectivity index (χ0) is 19.2. The fraction of sp³-hybridized carbons (Fsp3) is 0.0952. The van der Waals surface area contributed by atoms with Gasteiger partial charge in [0, 0.05) is 41.5 Å². The molecule has 0 aliphatic rings. The molecule has 0 fully saturated rings.